The summed E-state index contributed by atoms with van der Waals surface area (Å²) in [5.41, 5.74) is 0.328. The molecule has 0 aromatic carbocycles. The van der Waals surface area contributed by atoms with Gasteiger partial charge in [-0.1, -0.05) is 55.4 Å². The highest BCUT2D eigenvalue weighted by Gasteiger charge is 2.59. The van der Waals surface area contributed by atoms with Gasteiger partial charge in [-0.25, -0.2) is 0 Å². The molecule has 1 aliphatic rings. The van der Waals surface area contributed by atoms with Crippen molar-refractivity contribution in [3.05, 3.63) is 0 Å². The lowest BCUT2D eigenvalue weighted by molar-refractivity contribution is -0.198. The van der Waals surface area contributed by atoms with Gasteiger partial charge in [0.15, 0.2) is 0 Å². The summed E-state index contributed by atoms with van der Waals surface area (Å²) in [6, 6.07) is 0. The van der Waals surface area contributed by atoms with Crippen LogP contribution in [0.2, 0.25) is 0 Å². The Hall–Kier alpha value is -0.0400. The normalized spacial score (nSPS) is 32.6. The fourth-order valence-corrected chi connectivity index (χ4v) is 3.20. The van der Waals surface area contributed by atoms with Crippen LogP contribution >= 0.6 is 0 Å². The Balaban J connectivity index is 3.24. The van der Waals surface area contributed by atoms with Crippen molar-refractivity contribution in [2.24, 2.45) is 21.7 Å². The summed E-state index contributed by atoms with van der Waals surface area (Å²) in [4.78, 5) is 0. The number of hydrogen-bond donors (Lipinski definition) is 1. The Labute approximate surface area is 95.3 Å². The van der Waals surface area contributed by atoms with Crippen molar-refractivity contribution in [2.45, 2.75) is 67.9 Å². The largest absolute Gasteiger partial charge is 0.392 e. The van der Waals surface area contributed by atoms with Crippen LogP contribution in [0.15, 0.2) is 0 Å². The van der Waals surface area contributed by atoms with Gasteiger partial charge in [0.1, 0.15) is 0 Å². The third-order valence-electron chi connectivity index (χ3n) is 5.74. The van der Waals surface area contributed by atoms with Gasteiger partial charge < -0.3 is 5.11 Å². The molecular formula is C14H28O. The number of hydrogen-bond acceptors (Lipinski definition) is 1. The molecule has 0 atom stereocenters. The molecule has 1 fully saturated rings. The van der Waals surface area contributed by atoms with Crippen molar-refractivity contribution in [3.8, 4) is 0 Å². The van der Waals surface area contributed by atoms with Gasteiger partial charge in [0.25, 0.3) is 0 Å². The van der Waals surface area contributed by atoms with E-state index in [-0.39, 0.29) is 27.8 Å². The predicted molar refractivity (Wildman–Crippen MR) is 65.7 cm³/mol. The molecular weight excluding hydrogens is 184 g/mol. The SMILES string of the molecule is CC1(C)CC(C)(C)C(C)(C)C(O)C1(C)C. The van der Waals surface area contributed by atoms with Crippen LogP contribution < -0.4 is 0 Å². The highest BCUT2D eigenvalue weighted by molar-refractivity contribution is 5.08. The zero-order valence-electron chi connectivity index (χ0n) is 11.7. The molecule has 1 rings (SSSR count). The molecule has 0 amide bonds. The summed E-state index contributed by atoms with van der Waals surface area (Å²) in [5, 5.41) is 10.6. The second-order valence-corrected chi connectivity index (χ2v) is 7.79. The van der Waals surface area contributed by atoms with Crippen LogP contribution in [0, 0.1) is 21.7 Å². The summed E-state index contributed by atoms with van der Waals surface area (Å²) < 4.78 is 0. The summed E-state index contributed by atoms with van der Waals surface area (Å²) in [5.74, 6) is 0. The smallest absolute Gasteiger partial charge is 0.0652 e. The molecule has 0 spiro atoms. The second-order valence-electron chi connectivity index (χ2n) is 7.79. The fraction of sp³-hybridized carbons (Fsp3) is 1.00. The van der Waals surface area contributed by atoms with Gasteiger partial charge in [0.05, 0.1) is 6.10 Å². The van der Waals surface area contributed by atoms with E-state index in [1.165, 1.54) is 0 Å². The summed E-state index contributed by atoms with van der Waals surface area (Å²) >= 11 is 0. The summed E-state index contributed by atoms with van der Waals surface area (Å²) in [7, 11) is 0. The molecule has 0 bridgehead atoms. The zero-order chi connectivity index (χ0) is 12.3. The highest BCUT2D eigenvalue weighted by atomic mass is 16.3. The van der Waals surface area contributed by atoms with E-state index in [1.807, 2.05) is 0 Å². The Bertz CT molecular complexity index is 233. The average Bonchev–Trinajstić information content (AvgIpc) is 1.98. The lowest BCUT2D eigenvalue weighted by Gasteiger charge is -2.63. The first kappa shape index (κ1) is 13.0. The minimum atomic E-state index is -0.247. The van der Waals surface area contributed by atoms with Gasteiger partial charge in [-0.15, -0.1) is 0 Å². The Kier molecular flexibility index (Phi) is 2.60. The number of aliphatic hydroxyl groups excluding tert-OH is 1. The predicted octanol–water partition coefficient (Wildman–Crippen LogP) is 3.86. The molecule has 0 aromatic rings. The van der Waals surface area contributed by atoms with Crippen LogP contribution in [0.3, 0.4) is 0 Å². The van der Waals surface area contributed by atoms with E-state index >= 15 is 0 Å². The first-order valence-electron chi connectivity index (χ1n) is 6.04. The van der Waals surface area contributed by atoms with E-state index < -0.39 is 0 Å². The van der Waals surface area contributed by atoms with E-state index in [1.54, 1.807) is 0 Å². The molecule has 0 radical (unpaired) electrons. The molecule has 1 aliphatic carbocycles. The first-order chi connectivity index (χ1) is 6.36. The van der Waals surface area contributed by atoms with Crippen LogP contribution in [-0.2, 0) is 0 Å². The lowest BCUT2D eigenvalue weighted by Crippen LogP contribution is -2.61. The highest BCUT2D eigenvalue weighted by Crippen LogP contribution is 2.63. The van der Waals surface area contributed by atoms with Crippen molar-refractivity contribution < 1.29 is 5.11 Å². The molecule has 0 aliphatic heterocycles. The van der Waals surface area contributed by atoms with Gasteiger partial charge >= 0.3 is 0 Å². The van der Waals surface area contributed by atoms with Crippen LogP contribution in [-0.4, -0.2) is 11.2 Å². The van der Waals surface area contributed by atoms with Crippen molar-refractivity contribution >= 4 is 0 Å². The van der Waals surface area contributed by atoms with Gasteiger partial charge in [0.2, 0.25) is 0 Å². The molecule has 1 N–H and O–H groups in total. The van der Waals surface area contributed by atoms with Crippen molar-refractivity contribution in [3.63, 3.8) is 0 Å². The van der Waals surface area contributed by atoms with Crippen LogP contribution in [0.1, 0.15) is 61.8 Å². The molecule has 1 saturated carbocycles. The molecule has 0 heterocycles. The first-order valence-corrected chi connectivity index (χ1v) is 6.04. The topological polar surface area (TPSA) is 20.2 Å². The summed E-state index contributed by atoms with van der Waals surface area (Å²) in [6.45, 7) is 18.0. The Morgan fingerprint density at radius 2 is 1.00 bits per heavy atom. The quantitative estimate of drug-likeness (QED) is 0.646. The fourth-order valence-electron chi connectivity index (χ4n) is 3.20. The third-order valence-corrected chi connectivity index (χ3v) is 5.74. The van der Waals surface area contributed by atoms with Gasteiger partial charge in [-0.2, -0.15) is 0 Å². The molecule has 0 saturated heterocycles. The Morgan fingerprint density at radius 1 is 0.733 bits per heavy atom. The minimum absolute atomic E-state index is 0.0218. The van der Waals surface area contributed by atoms with Crippen molar-refractivity contribution in [1.29, 1.82) is 0 Å². The van der Waals surface area contributed by atoms with Gasteiger partial charge in [-0.05, 0) is 28.1 Å². The van der Waals surface area contributed by atoms with E-state index in [9.17, 15) is 5.11 Å². The van der Waals surface area contributed by atoms with Gasteiger partial charge in [-0.3, -0.25) is 0 Å². The van der Waals surface area contributed by atoms with Gasteiger partial charge in [0, 0.05) is 0 Å². The van der Waals surface area contributed by atoms with Crippen LogP contribution in [0.5, 0.6) is 0 Å². The van der Waals surface area contributed by atoms with Crippen molar-refractivity contribution in [1.82, 2.24) is 0 Å². The Morgan fingerprint density at radius 3 is 1.27 bits per heavy atom. The maximum absolute atomic E-state index is 10.6. The van der Waals surface area contributed by atoms with E-state index in [0.717, 1.165) is 6.42 Å². The number of aliphatic hydroxyl groups is 1. The maximum atomic E-state index is 10.6. The molecule has 15 heavy (non-hydrogen) atoms. The summed E-state index contributed by atoms with van der Waals surface area (Å²) in [6.07, 6.45) is 0.917. The van der Waals surface area contributed by atoms with Crippen LogP contribution in [0.25, 0.3) is 0 Å². The average molecular weight is 212 g/mol. The molecule has 90 valence electrons. The molecule has 1 heteroatoms. The third kappa shape index (κ3) is 1.54. The number of rotatable bonds is 0. The van der Waals surface area contributed by atoms with E-state index in [0.29, 0.717) is 0 Å². The molecule has 0 unspecified atom stereocenters. The van der Waals surface area contributed by atoms with Crippen LogP contribution in [0.4, 0.5) is 0 Å². The second kappa shape index (κ2) is 3.00. The lowest BCUT2D eigenvalue weighted by atomic mass is 9.44. The van der Waals surface area contributed by atoms with E-state index in [2.05, 4.69) is 55.4 Å². The monoisotopic (exact) mass is 212 g/mol. The molecule has 1 nitrogen and oxygen atoms in total. The maximum Gasteiger partial charge on any atom is 0.0652 e. The molecule has 0 aromatic heterocycles. The standard InChI is InChI=1S/C14H28O/c1-11(2)9-12(3,4)14(7,8)10(15)13(11,5)6/h10,15H,9H2,1-8H3. The van der Waals surface area contributed by atoms with E-state index in [4.69, 9.17) is 0 Å². The zero-order valence-corrected chi connectivity index (χ0v) is 11.7. The minimum Gasteiger partial charge on any atom is -0.392 e. The van der Waals surface area contributed by atoms with Crippen molar-refractivity contribution in [2.75, 3.05) is 0 Å².